The standard InChI is InChI=1S/C14H12BNO2/c15-10-3-4-13-11(6-10)12(17)7-14(18-13)9-2-1-5-16-8-9/h1-6,8,14H,7,15H2. The summed E-state index contributed by atoms with van der Waals surface area (Å²) in [5.74, 6) is 0.805. The van der Waals surface area contributed by atoms with Crippen molar-refractivity contribution in [1.82, 2.24) is 4.98 Å². The monoisotopic (exact) mass is 237 g/mol. The number of ketones is 1. The quantitative estimate of drug-likeness (QED) is 0.696. The molecule has 0 fully saturated rings. The summed E-state index contributed by atoms with van der Waals surface area (Å²) in [4.78, 5) is 16.2. The zero-order valence-corrected chi connectivity index (χ0v) is 10.1. The third-order valence-electron chi connectivity index (χ3n) is 3.13. The van der Waals surface area contributed by atoms with Gasteiger partial charge in [-0.1, -0.05) is 23.7 Å². The Bertz CT molecular complexity index is 598. The number of hydrogen-bond acceptors (Lipinski definition) is 3. The van der Waals surface area contributed by atoms with Crippen LogP contribution in [-0.2, 0) is 0 Å². The van der Waals surface area contributed by atoms with E-state index in [0.717, 1.165) is 11.0 Å². The third-order valence-corrected chi connectivity index (χ3v) is 3.13. The van der Waals surface area contributed by atoms with Crippen molar-refractivity contribution in [2.75, 3.05) is 0 Å². The van der Waals surface area contributed by atoms with Crippen LogP contribution in [0.3, 0.4) is 0 Å². The van der Waals surface area contributed by atoms with E-state index in [1.807, 2.05) is 38.2 Å². The number of benzene rings is 1. The zero-order chi connectivity index (χ0) is 12.5. The van der Waals surface area contributed by atoms with E-state index in [1.165, 1.54) is 0 Å². The van der Waals surface area contributed by atoms with Gasteiger partial charge >= 0.3 is 0 Å². The Hall–Kier alpha value is -2.10. The molecule has 4 heteroatoms. The molecule has 1 aromatic carbocycles. The predicted octanol–water partition coefficient (Wildman–Crippen LogP) is 1.05. The minimum Gasteiger partial charge on any atom is -0.484 e. The number of ether oxygens (including phenoxy) is 1. The number of nitrogens with zero attached hydrogens (tertiary/aromatic N) is 1. The van der Waals surface area contributed by atoms with Crippen LogP contribution >= 0.6 is 0 Å². The van der Waals surface area contributed by atoms with Crippen molar-refractivity contribution in [3.05, 3.63) is 53.9 Å². The van der Waals surface area contributed by atoms with Crippen LogP contribution in [-0.4, -0.2) is 18.6 Å². The van der Waals surface area contributed by atoms with Crippen LogP contribution in [0.25, 0.3) is 0 Å². The number of Topliss-reactive ketones (excluding diaryl/α,β-unsaturated/α-hetero) is 1. The lowest BCUT2D eigenvalue weighted by Crippen LogP contribution is -2.22. The lowest BCUT2D eigenvalue weighted by Gasteiger charge is -2.25. The lowest BCUT2D eigenvalue weighted by atomic mass is 9.90. The molecule has 0 amide bonds. The van der Waals surface area contributed by atoms with Gasteiger partial charge in [-0.3, -0.25) is 9.78 Å². The zero-order valence-electron chi connectivity index (χ0n) is 10.1. The molecule has 2 aromatic rings. The molecule has 88 valence electrons. The summed E-state index contributed by atoms with van der Waals surface area (Å²) in [5, 5.41) is 0. The highest BCUT2D eigenvalue weighted by molar-refractivity contribution is 6.32. The topological polar surface area (TPSA) is 39.2 Å². The number of rotatable bonds is 1. The fourth-order valence-corrected chi connectivity index (χ4v) is 2.19. The lowest BCUT2D eigenvalue weighted by molar-refractivity contribution is 0.0850. The van der Waals surface area contributed by atoms with Crippen LogP contribution in [0.4, 0.5) is 0 Å². The van der Waals surface area contributed by atoms with Gasteiger partial charge in [0.05, 0.1) is 12.0 Å². The number of hydrogen-bond donors (Lipinski definition) is 0. The Morgan fingerprint density at radius 2 is 2.22 bits per heavy atom. The van der Waals surface area contributed by atoms with Crippen LogP contribution in [0.5, 0.6) is 5.75 Å². The number of fused-ring (bicyclic) bond motifs is 1. The summed E-state index contributed by atoms with van der Waals surface area (Å²) in [5.41, 5.74) is 2.71. The Morgan fingerprint density at radius 3 is 3.00 bits per heavy atom. The fraction of sp³-hybridized carbons (Fsp3) is 0.143. The van der Waals surface area contributed by atoms with Gasteiger partial charge in [0.1, 0.15) is 19.7 Å². The highest BCUT2D eigenvalue weighted by Gasteiger charge is 2.27. The van der Waals surface area contributed by atoms with E-state index in [2.05, 4.69) is 4.98 Å². The van der Waals surface area contributed by atoms with Crippen molar-refractivity contribution in [3.8, 4) is 5.75 Å². The summed E-state index contributed by atoms with van der Waals surface area (Å²) in [6, 6.07) is 9.50. The molecule has 0 saturated carbocycles. The number of carbonyl (C=O) groups is 1. The number of pyridine rings is 1. The van der Waals surface area contributed by atoms with Crippen molar-refractivity contribution in [2.24, 2.45) is 0 Å². The average Bonchev–Trinajstić information content (AvgIpc) is 2.40. The second-order valence-corrected chi connectivity index (χ2v) is 4.52. The van der Waals surface area contributed by atoms with Crippen LogP contribution in [0, 0.1) is 0 Å². The third kappa shape index (κ3) is 1.90. The molecule has 1 aliphatic rings. The van der Waals surface area contributed by atoms with E-state index < -0.39 is 0 Å². The van der Waals surface area contributed by atoms with Gasteiger partial charge in [-0.25, -0.2) is 0 Å². The van der Waals surface area contributed by atoms with Crippen LogP contribution < -0.4 is 10.2 Å². The molecule has 0 saturated heterocycles. The average molecular weight is 237 g/mol. The van der Waals surface area contributed by atoms with E-state index in [1.54, 1.807) is 12.4 Å². The first-order valence-electron chi connectivity index (χ1n) is 5.94. The summed E-state index contributed by atoms with van der Waals surface area (Å²) >= 11 is 0. The van der Waals surface area contributed by atoms with Gasteiger partial charge in [0.2, 0.25) is 0 Å². The molecular formula is C14H12BNO2. The van der Waals surface area contributed by atoms with Gasteiger partial charge in [-0.2, -0.15) is 0 Å². The number of carbonyl (C=O) groups excluding carboxylic acids is 1. The first-order chi connectivity index (χ1) is 8.74. The van der Waals surface area contributed by atoms with E-state index in [9.17, 15) is 4.79 Å². The largest absolute Gasteiger partial charge is 0.484 e. The maximum absolute atomic E-state index is 12.1. The summed E-state index contributed by atoms with van der Waals surface area (Å²) in [6.07, 6.45) is 3.62. The molecule has 0 spiro atoms. The minimum absolute atomic E-state index is 0.133. The van der Waals surface area contributed by atoms with Crippen molar-refractivity contribution in [3.63, 3.8) is 0 Å². The molecule has 1 atom stereocenters. The molecule has 2 heterocycles. The molecule has 18 heavy (non-hydrogen) atoms. The normalized spacial score (nSPS) is 18.0. The maximum atomic E-state index is 12.1. The van der Waals surface area contributed by atoms with Crippen molar-refractivity contribution in [1.29, 1.82) is 0 Å². The molecule has 0 N–H and O–H groups in total. The van der Waals surface area contributed by atoms with Gasteiger partial charge in [0.25, 0.3) is 0 Å². The van der Waals surface area contributed by atoms with Gasteiger partial charge in [0.15, 0.2) is 5.78 Å². The highest BCUT2D eigenvalue weighted by atomic mass is 16.5. The molecule has 1 unspecified atom stereocenters. The first kappa shape index (κ1) is 11.0. The van der Waals surface area contributed by atoms with E-state index in [0.29, 0.717) is 17.7 Å². The summed E-state index contributed by atoms with van der Waals surface area (Å²) in [7, 11) is 1.97. The minimum atomic E-state index is -0.221. The molecule has 0 bridgehead atoms. The van der Waals surface area contributed by atoms with E-state index >= 15 is 0 Å². The Balaban J connectivity index is 1.97. The maximum Gasteiger partial charge on any atom is 0.170 e. The molecule has 3 rings (SSSR count). The SMILES string of the molecule is Bc1ccc2c(c1)C(=O)CC(c1cccnc1)O2. The Morgan fingerprint density at radius 1 is 1.33 bits per heavy atom. The molecule has 0 aliphatic carbocycles. The summed E-state index contributed by atoms with van der Waals surface area (Å²) < 4.78 is 5.88. The van der Waals surface area contributed by atoms with Crippen molar-refractivity contribution < 1.29 is 9.53 Å². The van der Waals surface area contributed by atoms with E-state index in [-0.39, 0.29) is 11.9 Å². The first-order valence-corrected chi connectivity index (χ1v) is 5.94. The number of aromatic nitrogens is 1. The fourth-order valence-electron chi connectivity index (χ4n) is 2.19. The van der Waals surface area contributed by atoms with Crippen molar-refractivity contribution >= 4 is 19.1 Å². The Labute approximate surface area is 106 Å². The van der Waals surface area contributed by atoms with Crippen LogP contribution in [0.2, 0.25) is 0 Å². The molecular weight excluding hydrogens is 225 g/mol. The smallest absolute Gasteiger partial charge is 0.170 e. The molecule has 3 nitrogen and oxygen atoms in total. The second kappa shape index (κ2) is 4.29. The highest BCUT2D eigenvalue weighted by Crippen LogP contribution is 2.33. The predicted molar refractivity (Wildman–Crippen MR) is 71.2 cm³/mol. The van der Waals surface area contributed by atoms with E-state index in [4.69, 9.17) is 4.74 Å². The van der Waals surface area contributed by atoms with Crippen molar-refractivity contribution in [2.45, 2.75) is 12.5 Å². The summed E-state index contributed by atoms with van der Waals surface area (Å²) in [6.45, 7) is 0. The second-order valence-electron chi connectivity index (χ2n) is 4.52. The van der Waals surface area contributed by atoms with Crippen LogP contribution in [0.15, 0.2) is 42.7 Å². The van der Waals surface area contributed by atoms with Gasteiger partial charge in [-0.15, -0.1) is 0 Å². The molecule has 1 aromatic heterocycles. The Kier molecular flexibility index (Phi) is 2.63. The molecule has 1 aliphatic heterocycles. The van der Waals surface area contributed by atoms with Gasteiger partial charge in [-0.05, 0) is 12.1 Å². The van der Waals surface area contributed by atoms with Gasteiger partial charge < -0.3 is 4.74 Å². The van der Waals surface area contributed by atoms with Crippen LogP contribution in [0.1, 0.15) is 28.4 Å². The molecule has 0 radical (unpaired) electrons. The van der Waals surface area contributed by atoms with Gasteiger partial charge in [0, 0.05) is 18.0 Å².